The number of rotatable bonds is 9. The molecule has 2 heteroatoms. The highest BCUT2D eigenvalue weighted by Gasteiger charge is 2.12. The molecule has 1 heterocycles. The third-order valence-electron chi connectivity index (χ3n) is 3.96. The van der Waals surface area contributed by atoms with Crippen LogP contribution in [0.4, 0.5) is 0 Å². The molecule has 1 aromatic carbocycles. The summed E-state index contributed by atoms with van der Waals surface area (Å²) in [6.07, 6.45) is 7.59. The first-order chi connectivity index (χ1) is 10.3. The summed E-state index contributed by atoms with van der Waals surface area (Å²) in [5, 5.41) is 4.89. The van der Waals surface area contributed by atoms with Crippen LogP contribution in [0, 0.1) is 0 Å². The van der Waals surface area contributed by atoms with Gasteiger partial charge in [0.25, 0.3) is 0 Å². The number of pyridine rings is 1. The second-order valence-corrected chi connectivity index (χ2v) is 5.78. The van der Waals surface area contributed by atoms with Gasteiger partial charge in [0.05, 0.1) is 11.2 Å². The highest BCUT2D eigenvalue weighted by Crippen LogP contribution is 2.21. The van der Waals surface area contributed by atoms with Crippen molar-refractivity contribution < 1.29 is 0 Å². The summed E-state index contributed by atoms with van der Waals surface area (Å²) in [5.41, 5.74) is 2.30. The second-order valence-electron chi connectivity index (χ2n) is 5.78. The third kappa shape index (κ3) is 4.82. The second kappa shape index (κ2) is 8.78. The minimum atomic E-state index is 0.395. The number of aromatic nitrogens is 1. The van der Waals surface area contributed by atoms with Crippen LogP contribution >= 0.6 is 0 Å². The molecule has 0 saturated heterocycles. The normalized spacial score (nSPS) is 12.7. The SMILES string of the molecule is CCCCCCC(NCCC)c1ccc2ccccc2n1. The van der Waals surface area contributed by atoms with Crippen molar-refractivity contribution in [2.45, 2.75) is 58.4 Å². The average Bonchev–Trinajstić information content (AvgIpc) is 2.54. The van der Waals surface area contributed by atoms with Gasteiger partial charge >= 0.3 is 0 Å². The Bertz CT molecular complexity index is 536. The van der Waals surface area contributed by atoms with Gasteiger partial charge in [-0.3, -0.25) is 4.98 Å². The van der Waals surface area contributed by atoms with Gasteiger partial charge in [-0.15, -0.1) is 0 Å². The zero-order valence-electron chi connectivity index (χ0n) is 13.4. The lowest BCUT2D eigenvalue weighted by Gasteiger charge is -2.18. The summed E-state index contributed by atoms with van der Waals surface area (Å²) in [5.74, 6) is 0. The van der Waals surface area contributed by atoms with Gasteiger partial charge in [-0.2, -0.15) is 0 Å². The average molecular weight is 284 g/mol. The fraction of sp³-hybridized carbons (Fsp3) is 0.526. The summed E-state index contributed by atoms with van der Waals surface area (Å²) in [6, 6.07) is 13.1. The van der Waals surface area contributed by atoms with Gasteiger partial charge in [-0.25, -0.2) is 0 Å². The first-order valence-corrected chi connectivity index (χ1v) is 8.44. The van der Waals surface area contributed by atoms with Crippen LogP contribution in [0.5, 0.6) is 0 Å². The Labute approximate surface area is 129 Å². The predicted octanol–water partition coefficient (Wildman–Crippen LogP) is 5.25. The van der Waals surface area contributed by atoms with Crippen molar-refractivity contribution in [1.82, 2.24) is 10.3 Å². The summed E-state index contributed by atoms with van der Waals surface area (Å²) in [6.45, 7) is 5.54. The molecule has 2 aromatic rings. The number of nitrogens with zero attached hydrogens (tertiary/aromatic N) is 1. The summed E-state index contributed by atoms with van der Waals surface area (Å²) < 4.78 is 0. The molecule has 0 bridgehead atoms. The first-order valence-electron chi connectivity index (χ1n) is 8.44. The number of hydrogen-bond acceptors (Lipinski definition) is 2. The van der Waals surface area contributed by atoms with Crippen LogP contribution in [0.15, 0.2) is 36.4 Å². The van der Waals surface area contributed by atoms with Crippen LogP contribution in [0.2, 0.25) is 0 Å². The fourth-order valence-corrected chi connectivity index (χ4v) is 2.72. The third-order valence-corrected chi connectivity index (χ3v) is 3.96. The molecule has 1 N–H and O–H groups in total. The Kier molecular flexibility index (Phi) is 6.68. The van der Waals surface area contributed by atoms with Crippen molar-refractivity contribution in [3.05, 3.63) is 42.1 Å². The lowest BCUT2D eigenvalue weighted by Crippen LogP contribution is -2.23. The van der Waals surface area contributed by atoms with E-state index in [9.17, 15) is 0 Å². The smallest absolute Gasteiger partial charge is 0.0706 e. The largest absolute Gasteiger partial charge is 0.309 e. The Morgan fingerprint density at radius 1 is 0.952 bits per heavy atom. The highest BCUT2D eigenvalue weighted by molar-refractivity contribution is 5.78. The molecular formula is C19H28N2. The van der Waals surface area contributed by atoms with Crippen molar-refractivity contribution in [1.29, 1.82) is 0 Å². The fourth-order valence-electron chi connectivity index (χ4n) is 2.72. The van der Waals surface area contributed by atoms with Crippen molar-refractivity contribution in [3.8, 4) is 0 Å². The Hall–Kier alpha value is -1.41. The predicted molar refractivity (Wildman–Crippen MR) is 91.5 cm³/mol. The maximum atomic E-state index is 4.86. The number of benzene rings is 1. The molecule has 0 saturated carbocycles. The molecule has 0 amide bonds. The van der Waals surface area contributed by atoms with E-state index in [1.165, 1.54) is 49.6 Å². The van der Waals surface area contributed by atoms with Gasteiger partial charge < -0.3 is 5.32 Å². The zero-order chi connectivity index (χ0) is 14.9. The van der Waals surface area contributed by atoms with Crippen molar-refractivity contribution in [2.24, 2.45) is 0 Å². The topological polar surface area (TPSA) is 24.9 Å². The van der Waals surface area contributed by atoms with Gasteiger partial charge in [0.15, 0.2) is 0 Å². The number of nitrogens with one attached hydrogen (secondary N) is 1. The lowest BCUT2D eigenvalue weighted by atomic mass is 10.0. The van der Waals surface area contributed by atoms with Crippen LogP contribution in [0.25, 0.3) is 10.9 Å². The van der Waals surface area contributed by atoms with Crippen LogP contribution in [-0.2, 0) is 0 Å². The van der Waals surface area contributed by atoms with E-state index < -0.39 is 0 Å². The van der Waals surface area contributed by atoms with Crippen molar-refractivity contribution in [2.75, 3.05) is 6.54 Å². The molecule has 2 rings (SSSR count). The van der Waals surface area contributed by atoms with E-state index in [1.54, 1.807) is 0 Å². The van der Waals surface area contributed by atoms with Gasteiger partial charge in [-0.05, 0) is 31.5 Å². The lowest BCUT2D eigenvalue weighted by molar-refractivity contribution is 0.463. The van der Waals surface area contributed by atoms with Crippen LogP contribution in [-0.4, -0.2) is 11.5 Å². The molecule has 0 aliphatic carbocycles. The van der Waals surface area contributed by atoms with Crippen molar-refractivity contribution in [3.63, 3.8) is 0 Å². The van der Waals surface area contributed by atoms with E-state index in [0.717, 1.165) is 12.1 Å². The van der Waals surface area contributed by atoms with Gasteiger partial charge in [0.2, 0.25) is 0 Å². The Morgan fingerprint density at radius 3 is 2.62 bits per heavy atom. The minimum Gasteiger partial charge on any atom is -0.309 e. The van der Waals surface area contributed by atoms with E-state index in [2.05, 4.69) is 55.6 Å². The summed E-state index contributed by atoms with van der Waals surface area (Å²) in [7, 11) is 0. The van der Waals surface area contributed by atoms with E-state index in [0.29, 0.717) is 6.04 Å². The molecular weight excluding hydrogens is 256 g/mol. The van der Waals surface area contributed by atoms with Crippen LogP contribution < -0.4 is 5.32 Å². The van der Waals surface area contributed by atoms with Crippen LogP contribution in [0.1, 0.15) is 64.1 Å². The van der Waals surface area contributed by atoms with Gasteiger partial charge in [0, 0.05) is 11.4 Å². The van der Waals surface area contributed by atoms with Crippen LogP contribution in [0.3, 0.4) is 0 Å². The molecule has 21 heavy (non-hydrogen) atoms. The van der Waals surface area contributed by atoms with E-state index in [1.807, 2.05) is 0 Å². The maximum absolute atomic E-state index is 4.86. The number of hydrogen-bond donors (Lipinski definition) is 1. The minimum absolute atomic E-state index is 0.395. The molecule has 1 atom stereocenters. The molecule has 0 fully saturated rings. The molecule has 0 radical (unpaired) electrons. The van der Waals surface area contributed by atoms with E-state index >= 15 is 0 Å². The van der Waals surface area contributed by atoms with Gasteiger partial charge in [-0.1, -0.05) is 63.8 Å². The molecule has 1 unspecified atom stereocenters. The quantitative estimate of drug-likeness (QED) is 0.636. The molecule has 0 aliphatic heterocycles. The molecule has 0 spiro atoms. The van der Waals surface area contributed by atoms with Gasteiger partial charge in [0.1, 0.15) is 0 Å². The number of para-hydroxylation sites is 1. The standard InChI is InChI=1S/C19H28N2/c1-3-5-6-7-12-18(20-15-4-2)19-14-13-16-10-8-9-11-17(16)21-19/h8-11,13-14,18,20H,3-7,12,15H2,1-2H3. The first kappa shape index (κ1) is 16.0. The van der Waals surface area contributed by atoms with Crippen molar-refractivity contribution >= 4 is 10.9 Å². The maximum Gasteiger partial charge on any atom is 0.0706 e. The summed E-state index contributed by atoms with van der Waals surface area (Å²) in [4.78, 5) is 4.86. The van der Waals surface area contributed by atoms with E-state index in [-0.39, 0.29) is 0 Å². The summed E-state index contributed by atoms with van der Waals surface area (Å²) >= 11 is 0. The number of unbranched alkanes of at least 4 members (excludes halogenated alkanes) is 3. The zero-order valence-corrected chi connectivity index (χ0v) is 13.4. The molecule has 1 aromatic heterocycles. The Balaban J connectivity index is 2.08. The number of fused-ring (bicyclic) bond motifs is 1. The Morgan fingerprint density at radius 2 is 1.81 bits per heavy atom. The molecule has 2 nitrogen and oxygen atoms in total. The monoisotopic (exact) mass is 284 g/mol. The molecule has 114 valence electrons. The van der Waals surface area contributed by atoms with E-state index in [4.69, 9.17) is 4.98 Å². The molecule has 0 aliphatic rings. The highest BCUT2D eigenvalue weighted by atomic mass is 14.9.